The highest BCUT2D eigenvalue weighted by Crippen LogP contribution is 2.49. The van der Waals surface area contributed by atoms with Gasteiger partial charge in [-0.1, -0.05) is 5.04 Å². The van der Waals surface area contributed by atoms with Crippen molar-refractivity contribution in [2.45, 2.75) is 19.6 Å². The number of azo groups is 2. The molecule has 0 heterocycles. The van der Waals surface area contributed by atoms with E-state index in [0.29, 0.717) is 0 Å². The first-order valence-electron chi connectivity index (χ1n) is 17.2. The quantitative estimate of drug-likeness (QED) is 0.0133. The number of phenolic OH excluding ortho intramolecular Hbond substituents is 1. The number of nitrogens with two attached hydrogens (primary N) is 1. The molecule has 0 saturated carbocycles. The Kier molecular flexibility index (Phi) is 15.7. The number of hydrogen-bond donors (Lipinski definition) is 7. The molecule has 0 saturated heterocycles. The van der Waals surface area contributed by atoms with Crippen LogP contribution in [-0.4, -0.2) is 96.7 Å². The molecule has 5 aromatic carbocycles. The van der Waals surface area contributed by atoms with E-state index >= 15 is 0 Å². The van der Waals surface area contributed by atoms with Crippen LogP contribution in [0.1, 0.15) is 10.4 Å². The molecule has 0 radical (unpaired) electrons. The SMILES string of the molecule is Nc1c(N=Nc2ccc(S(=O)(=O)CCOS(=O)(=O)O)cc2)c(S(=O)(=O)O)cc2cc(SOOO)c(N=Nc3ccc(C(=O)Nc4ccc(S(=O)(=O)CCOS(=O)(=O)O)cc4)cc3)c(O)c12. The number of nitrogens with zero attached hydrogens (tertiary/aromatic N) is 4. The second kappa shape index (κ2) is 20.3. The average molecular weight is 1020 g/mol. The Morgan fingerprint density at radius 1 is 0.662 bits per heavy atom. The van der Waals surface area contributed by atoms with Crippen LogP contribution in [-0.2, 0) is 68.3 Å². The van der Waals surface area contributed by atoms with Gasteiger partial charge in [0, 0.05) is 11.3 Å². The smallest absolute Gasteiger partial charge is 0.397 e. The van der Waals surface area contributed by atoms with Crippen LogP contribution >= 0.6 is 12.0 Å². The van der Waals surface area contributed by atoms with Crippen LogP contribution in [0.25, 0.3) is 10.8 Å². The molecule has 0 atom stereocenters. The third kappa shape index (κ3) is 13.7. The topological polar surface area (TPSA) is 413 Å². The predicted molar refractivity (Wildman–Crippen MR) is 225 cm³/mol. The molecular weight excluding hydrogens is 993 g/mol. The van der Waals surface area contributed by atoms with Gasteiger partial charge in [0.2, 0.25) is 0 Å². The number of carbonyl (C=O) groups is 1. The van der Waals surface area contributed by atoms with Crippen molar-refractivity contribution in [2.24, 2.45) is 20.5 Å². The van der Waals surface area contributed by atoms with Gasteiger partial charge in [0.25, 0.3) is 16.0 Å². The van der Waals surface area contributed by atoms with Gasteiger partial charge in [0.05, 0.1) is 73.9 Å². The van der Waals surface area contributed by atoms with E-state index in [0.717, 1.165) is 48.5 Å². The Morgan fingerprint density at radius 2 is 1.14 bits per heavy atom. The lowest BCUT2D eigenvalue weighted by Crippen LogP contribution is -2.15. The number of carbonyl (C=O) groups excluding carboxylic acids is 1. The fourth-order valence-electron chi connectivity index (χ4n) is 5.32. The molecule has 8 N–H and O–H groups in total. The number of phenols is 1. The van der Waals surface area contributed by atoms with Crippen LogP contribution in [0.4, 0.5) is 34.1 Å². The van der Waals surface area contributed by atoms with E-state index in [4.69, 9.17) is 20.1 Å². The monoisotopic (exact) mass is 1020 g/mol. The van der Waals surface area contributed by atoms with Gasteiger partial charge in [0.1, 0.15) is 16.3 Å². The van der Waals surface area contributed by atoms with Gasteiger partial charge in [0.15, 0.2) is 25.4 Å². The summed E-state index contributed by atoms with van der Waals surface area (Å²) < 4.78 is 158. The lowest BCUT2D eigenvalue weighted by Gasteiger charge is -2.14. The van der Waals surface area contributed by atoms with Gasteiger partial charge in [-0.15, -0.1) is 14.6 Å². The lowest BCUT2D eigenvalue weighted by molar-refractivity contribution is -0.432. The first kappa shape index (κ1) is 50.4. The standard InChI is InChI=1S/C33H30N6O20S6/c34-29-28-20(18-27(63(47,48)49)31(29)39-37-23-7-11-25(12-8-23)62(45,46)16-14-57-65(53,54)55)17-26(60-59-58-42)30(32(28)40)38-36-22-3-1-19(2-4-22)33(41)35-21-5-9-24(10-6-21)61(43,44)15-13-56-64(50,51)52/h1-12,17-18,40,42H,13-16,34H2,(H,35,41)(H,47,48,49)(H,50,51,52)(H,53,54,55). The summed E-state index contributed by atoms with van der Waals surface area (Å²) in [5.41, 5.74) is 4.94. The molecule has 0 bridgehead atoms. The number of nitrogen functional groups attached to an aromatic ring is 1. The van der Waals surface area contributed by atoms with E-state index in [1.807, 2.05) is 0 Å². The Morgan fingerprint density at radius 3 is 1.62 bits per heavy atom. The lowest BCUT2D eigenvalue weighted by atomic mass is 10.1. The highest BCUT2D eigenvalue weighted by Gasteiger charge is 2.26. The molecule has 0 aliphatic rings. The number of nitrogens with one attached hydrogen (secondary N) is 1. The fourth-order valence-corrected chi connectivity index (χ4v) is 9.46. The number of anilines is 2. The minimum absolute atomic E-state index is 0.0809. The molecule has 348 valence electrons. The van der Waals surface area contributed by atoms with Crippen molar-refractivity contribution in [1.29, 1.82) is 0 Å². The zero-order chi connectivity index (χ0) is 48.0. The number of benzene rings is 5. The second-order valence-electron chi connectivity index (χ2n) is 12.6. The molecule has 0 aliphatic heterocycles. The summed E-state index contributed by atoms with van der Waals surface area (Å²) in [6.07, 6.45) is 0. The van der Waals surface area contributed by atoms with Crippen LogP contribution < -0.4 is 11.1 Å². The van der Waals surface area contributed by atoms with Crippen LogP contribution in [0, 0.1) is 0 Å². The molecule has 0 fully saturated rings. The highest BCUT2D eigenvalue weighted by atomic mass is 32.3. The van der Waals surface area contributed by atoms with E-state index < -0.39 is 109 Å². The van der Waals surface area contributed by atoms with Crippen molar-refractivity contribution >= 4 is 113 Å². The molecule has 32 heteroatoms. The molecule has 0 aromatic heterocycles. The third-order valence-electron chi connectivity index (χ3n) is 8.24. The largest absolute Gasteiger partial charge is 0.505 e. The summed E-state index contributed by atoms with van der Waals surface area (Å²) in [6.45, 7) is -1.72. The summed E-state index contributed by atoms with van der Waals surface area (Å²) in [6, 6.07) is 16.6. The van der Waals surface area contributed by atoms with E-state index in [1.54, 1.807) is 0 Å². The van der Waals surface area contributed by atoms with Gasteiger partial charge in [-0.2, -0.15) is 35.5 Å². The summed E-state index contributed by atoms with van der Waals surface area (Å²) in [5.74, 6) is -3.00. The number of sulfone groups is 2. The van der Waals surface area contributed by atoms with E-state index in [2.05, 4.69) is 43.5 Å². The van der Waals surface area contributed by atoms with Crippen molar-refractivity contribution in [3.63, 3.8) is 0 Å². The number of fused-ring (bicyclic) bond motifs is 1. The first-order chi connectivity index (χ1) is 30.3. The molecular formula is C33H30N6O20S6. The maximum absolute atomic E-state index is 12.9. The summed E-state index contributed by atoms with van der Waals surface area (Å²) in [7, 11) is -23.0. The second-order valence-corrected chi connectivity index (χ2v) is 21.1. The third-order valence-corrected chi connectivity index (χ3v) is 14.0. The van der Waals surface area contributed by atoms with E-state index in [-0.39, 0.29) is 60.1 Å². The number of rotatable bonds is 20. The minimum atomic E-state index is -5.13. The van der Waals surface area contributed by atoms with Crippen molar-refractivity contribution in [3.8, 4) is 5.75 Å². The zero-order valence-electron chi connectivity index (χ0n) is 32.1. The van der Waals surface area contributed by atoms with Crippen LogP contribution in [0.5, 0.6) is 5.75 Å². The molecule has 0 aliphatic carbocycles. The molecule has 5 aromatic rings. The maximum atomic E-state index is 12.9. The first-order valence-corrected chi connectivity index (χ1v) is 25.4. The van der Waals surface area contributed by atoms with Crippen LogP contribution in [0.3, 0.4) is 0 Å². The van der Waals surface area contributed by atoms with Gasteiger partial charge in [-0.05, 0) is 90.3 Å². The molecule has 65 heavy (non-hydrogen) atoms. The van der Waals surface area contributed by atoms with Gasteiger partial charge in [-0.25, -0.2) is 30.5 Å². The number of aromatic hydroxyl groups is 1. The number of hydrogen-bond acceptors (Lipinski definition) is 23. The van der Waals surface area contributed by atoms with Gasteiger partial charge in [-0.3, -0.25) is 18.5 Å². The molecule has 0 spiro atoms. The Labute approximate surface area is 372 Å². The van der Waals surface area contributed by atoms with E-state index in [9.17, 15) is 56.5 Å². The molecule has 0 unspecified atom stereocenters. The van der Waals surface area contributed by atoms with Gasteiger partial charge < -0.3 is 16.2 Å². The average Bonchev–Trinajstić information content (AvgIpc) is 3.21. The van der Waals surface area contributed by atoms with Crippen LogP contribution in [0.15, 0.2) is 125 Å². The minimum Gasteiger partial charge on any atom is -0.505 e. The fraction of sp³-hybridized carbons (Fsp3) is 0.121. The summed E-state index contributed by atoms with van der Waals surface area (Å²) in [4.78, 5) is 11.3. The Hall–Kier alpha value is -5.59. The molecule has 26 nitrogen and oxygen atoms in total. The Bertz CT molecular complexity index is 3250. The Balaban J connectivity index is 1.40. The maximum Gasteiger partial charge on any atom is 0.397 e. The van der Waals surface area contributed by atoms with E-state index in [1.165, 1.54) is 36.4 Å². The molecule has 5 rings (SSSR count). The highest BCUT2D eigenvalue weighted by molar-refractivity contribution is 7.94. The summed E-state index contributed by atoms with van der Waals surface area (Å²) in [5, 5.41) is 41.8. The van der Waals surface area contributed by atoms with Crippen molar-refractivity contribution in [1.82, 2.24) is 0 Å². The normalized spacial score (nSPS) is 12.9. The van der Waals surface area contributed by atoms with Crippen LogP contribution in [0.2, 0.25) is 0 Å². The molecule has 1 amide bonds. The summed E-state index contributed by atoms with van der Waals surface area (Å²) >= 11 is 0.272. The van der Waals surface area contributed by atoms with Crippen molar-refractivity contribution in [2.75, 3.05) is 35.8 Å². The predicted octanol–water partition coefficient (Wildman–Crippen LogP) is 5.07. The van der Waals surface area contributed by atoms with Gasteiger partial charge >= 0.3 is 20.8 Å². The zero-order valence-corrected chi connectivity index (χ0v) is 37.0. The number of amides is 1. The van der Waals surface area contributed by atoms with Crippen molar-refractivity contribution < 1.29 is 88.6 Å². The van der Waals surface area contributed by atoms with Crippen molar-refractivity contribution in [3.05, 3.63) is 90.5 Å².